The zero-order valence-electron chi connectivity index (χ0n) is 13.4. The maximum Gasteiger partial charge on any atom is 0.162 e. The highest BCUT2D eigenvalue weighted by atomic mass is 16.3. The summed E-state index contributed by atoms with van der Waals surface area (Å²) in [6, 6.07) is 1.95. The molecule has 0 amide bonds. The molecule has 0 bridgehead atoms. The van der Waals surface area contributed by atoms with E-state index in [1.54, 1.807) is 0 Å². The fourth-order valence-corrected chi connectivity index (χ4v) is 5.99. The number of aliphatic hydroxyl groups excluding tert-OH is 1. The summed E-state index contributed by atoms with van der Waals surface area (Å²) < 4.78 is 0. The number of Topliss-reactive ketones (excluding diaryl/α,β-unsaturated/α-hetero) is 1. The monoisotopic (exact) mass is 310 g/mol. The number of phenolic OH excluding ortho intramolecular Hbond substituents is 1. The van der Waals surface area contributed by atoms with Gasteiger partial charge in [0, 0.05) is 17.4 Å². The molecule has 120 valence electrons. The molecule has 2 saturated carbocycles. The molecule has 23 heavy (non-hydrogen) atoms. The van der Waals surface area contributed by atoms with E-state index in [9.17, 15) is 15.0 Å². The maximum absolute atomic E-state index is 12.1. The van der Waals surface area contributed by atoms with Gasteiger partial charge in [-0.25, -0.2) is 0 Å². The molecular weight excluding hydrogens is 288 g/mol. The zero-order valence-corrected chi connectivity index (χ0v) is 13.4. The minimum Gasteiger partial charge on any atom is -0.507 e. The lowest BCUT2D eigenvalue weighted by atomic mass is 9.54. The second kappa shape index (κ2) is 4.27. The van der Waals surface area contributed by atoms with E-state index in [4.69, 9.17) is 0 Å². The number of aromatic hydroxyl groups is 1. The minimum absolute atomic E-state index is 0.0440. The van der Waals surface area contributed by atoms with Crippen LogP contribution < -0.4 is 0 Å². The molecule has 1 aromatic carbocycles. The van der Waals surface area contributed by atoms with Crippen molar-refractivity contribution in [1.29, 1.82) is 0 Å². The molecule has 0 radical (unpaired) electrons. The molecule has 0 aliphatic heterocycles. The van der Waals surface area contributed by atoms with Gasteiger partial charge in [-0.05, 0) is 66.2 Å². The molecule has 0 saturated heterocycles. The summed E-state index contributed by atoms with van der Waals surface area (Å²) in [5.74, 6) is 1.74. The van der Waals surface area contributed by atoms with E-state index in [1.807, 2.05) is 12.1 Å². The van der Waals surface area contributed by atoms with Crippen LogP contribution >= 0.6 is 0 Å². The van der Waals surface area contributed by atoms with Gasteiger partial charge in [0.1, 0.15) is 11.9 Å². The van der Waals surface area contributed by atoms with Gasteiger partial charge in [0.15, 0.2) is 5.78 Å². The molecule has 0 unspecified atom stereocenters. The highest BCUT2D eigenvalue weighted by Crippen LogP contribution is 2.61. The Morgan fingerprint density at radius 1 is 1.22 bits per heavy atom. The predicted octanol–water partition coefficient (Wildman–Crippen LogP) is 3.27. The summed E-state index contributed by atoms with van der Waals surface area (Å²) in [7, 11) is 0. The van der Waals surface area contributed by atoms with Crippen LogP contribution in [-0.2, 0) is 11.2 Å². The first-order chi connectivity index (χ1) is 11.0. The molecule has 1 aromatic rings. The molecular formula is C20H22O3. The van der Waals surface area contributed by atoms with Gasteiger partial charge in [0.25, 0.3) is 0 Å². The first-order valence-electron chi connectivity index (χ1n) is 8.78. The summed E-state index contributed by atoms with van der Waals surface area (Å²) in [4.78, 5) is 12.1. The van der Waals surface area contributed by atoms with E-state index in [0.717, 1.165) is 31.2 Å². The highest BCUT2D eigenvalue weighted by Gasteiger charge is 2.58. The summed E-state index contributed by atoms with van der Waals surface area (Å²) >= 11 is 0. The van der Waals surface area contributed by atoms with E-state index in [-0.39, 0.29) is 11.2 Å². The topological polar surface area (TPSA) is 57.5 Å². The Bertz CT molecular complexity index is 763. The van der Waals surface area contributed by atoms with Crippen molar-refractivity contribution in [2.24, 2.45) is 17.3 Å². The Morgan fingerprint density at radius 3 is 2.74 bits per heavy atom. The largest absolute Gasteiger partial charge is 0.507 e. The van der Waals surface area contributed by atoms with Gasteiger partial charge < -0.3 is 10.2 Å². The fraction of sp³-hybridized carbons (Fsp3) is 0.550. The van der Waals surface area contributed by atoms with Crippen LogP contribution in [0.15, 0.2) is 6.07 Å². The van der Waals surface area contributed by atoms with Crippen molar-refractivity contribution >= 4 is 17.9 Å². The van der Waals surface area contributed by atoms with Crippen molar-refractivity contribution in [2.75, 3.05) is 0 Å². The van der Waals surface area contributed by atoms with E-state index < -0.39 is 6.10 Å². The van der Waals surface area contributed by atoms with Gasteiger partial charge in [0.05, 0.1) is 0 Å². The van der Waals surface area contributed by atoms with Crippen LogP contribution in [0.2, 0.25) is 0 Å². The summed E-state index contributed by atoms with van der Waals surface area (Å²) in [6.07, 6.45) is 7.90. The van der Waals surface area contributed by atoms with E-state index in [2.05, 4.69) is 13.0 Å². The lowest BCUT2D eigenvalue weighted by Crippen LogP contribution is -2.44. The average Bonchev–Trinajstić information content (AvgIpc) is 2.71. The molecule has 0 aromatic heterocycles. The number of fused-ring (bicyclic) bond motifs is 7. The summed E-state index contributed by atoms with van der Waals surface area (Å²) in [5.41, 5.74) is 4.70. The van der Waals surface area contributed by atoms with Crippen molar-refractivity contribution in [2.45, 2.75) is 51.0 Å². The smallest absolute Gasteiger partial charge is 0.162 e. The van der Waals surface area contributed by atoms with E-state index >= 15 is 0 Å². The highest BCUT2D eigenvalue weighted by molar-refractivity contribution is 5.91. The van der Waals surface area contributed by atoms with Crippen LogP contribution in [0.4, 0.5) is 0 Å². The molecule has 2 N–H and O–H groups in total. The molecule has 0 heterocycles. The Hall–Kier alpha value is -1.61. The van der Waals surface area contributed by atoms with E-state index in [1.165, 1.54) is 16.7 Å². The van der Waals surface area contributed by atoms with Crippen LogP contribution in [0, 0.1) is 17.3 Å². The van der Waals surface area contributed by atoms with Gasteiger partial charge in [-0.2, -0.15) is 0 Å². The van der Waals surface area contributed by atoms with Crippen LogP contribution in [0.1, 0.15) is 60.8 Å². The molecule has 2 fully saturated rings. The van der Waals surface area contributed by atoms with Crippen molar-refractivity contribution in [3.05, 3.63) is 28.3 Å². The van der Waals surface area contributed by atoms with Gasteiger partial charge in [-0.1, -0.05) is 19.1 Å². The molecule has 4 aliphatic carbocycles. The molecule has 0 spiro atoms. The van der Waals surface area contributed by atoms with Gasteiger partial charge in [-0.15, -0.1) is 0 Å². The average molecular weight is 310 g/mol. The van der Waals surface area contributed by atoms with Crippen LogP contribution in [0.3, 0.4) is 0 Å². The second-order valence-corrected chi connectivity index (χ2v) is 8.16. The number of hydrogen-bond donors (Lipinski definition) is 2. The summed E-state index contributed by atoms with van der Waals surface area (Å²) in [5, 5.41) is 20.5. The Morgan fingerprint density at radius 2 is 2.00 bits per heavy atom. The number of aliphatic hydroxyl groups is 1. The molecule has 4 aliphatic rings. The normalized spacial score (nSPS) is 40.0. The molecule has 5 atom stereocenters. The van der Waals surface area contributed by atoms with Crippen molar-refractivity contribution in [3.63, 3.8) is 0 Å². The fourth-order valence-electron chi connectivity index (χ4n) is 5.99. The lowest BCUT2D eigenvalue weighted by molar-refractivity contribution is -0.128. The van der Waals surface area contributed by atoms with Crippen LogP contribution in [0.25, 0.3) is 12.2 Å². The molecule has 3 nitrogen and oxygen atoms in total. The number of rotatable bonds is 0. The Labute approximate surface area is 136 Å². The van der Waals surface area contributed by atoms with Crippen molar-refractivity contribution in [3.8, 4) is 5.75 Å². The third-order valence-corrected chi connectivity index (χ3v) is 7.27. The maximum atomic E-state index is 12.1. The van der Waals surface area contributed by atoms with Crippen LogP contribution in [-0.4, -0.2) is 22.1 Å². The first kappa shape index (κ1) is 13.8. The lowest BCUT2D eigenvalue weighted by Gasteiger charge is -2.50. The van der Waals surface area contributed by atoms with Crippen molar-refractivity contribution < 1.29 is 15.0 Å². The first-order valence-corrected chi connectivity index (χ1v) is 8.78. The van der Waals surface area contributed by atoms with Crippen LogP contribution in [0.5, 0.6) is 5.75 Å². The SMILES string of the molecule is C[C@]12CC[C@@H]3c4c(cc(O)c5c4C=C5)CC[C@H]3[C@@H]1CC(=O)[C@@H]2O. The number of hydrogen-bond acceptors (Lipinski definition) is 3. The molecule has 5 rings (SSSR count). The number of ketones is 1. The van der Waals surface area contributed by atoms with Gasteiger partial charge >= 0.3 is 0 Å². The number of carbonyl (C=O) groups is 1. The second-order valence-electron chi connectivity index (χ2n) is 8.16. The third kappa shape index (κ3) is 1.56. The van der Waals surface area contributed by atoms with Gasteiger partial charge in [0.2, 0.25) is 0 Å². The third-order valence-electron chi connectivity index (χ3n) is 7.27. The predicted molar refractivity (Wildman–Crippen MR) is 88.0 cm³/mol. The zero-order chi connectivity index (χ0) is 15.9. The number of phenols is 1. The number of aryl methyl sites for hydroxylation is 1. The van der Waals surface area contributed by atoms with Gasteiger partial charge in [-0.3, -0.25) is 4.79 Å². The van der Waals surface area contributed by atoms with Crippen molar-refractivity contribution in [1.82, 2.24) is 0 Å². The number of carbonyl (C=O) groups excluding carboxylic acids is 1. The summed E-state index contributed by atoms with van der Waals surface area (Å²) in [6.45, 7) is 2.12. The molecule has 3 heteroatoms. The Kier molecular flexibility index (Phi) is 2.56. The van der Waals surface area contributed by atoms with E-state index in [0.29, 0.717) is 29.9 Å². The quantitative estimate of drug-likeness (QED) is 0.785. The standard InChI is InChI=1S/C20H22O3/c1-20-7-6-14-11(15(20)9-17(22)19(20)23)3-2-10-8-16(21)12-4-5-13(12)18(10)14/h4-5,8,11,14-15,19,21,23H,2-3,6-7,9H2,1H3/t11-,14+,15+,19+,20+/m1/s1. The number of benzene rings is 1. The minimum atomic E-state index is -0.766. The Balaban J connectivity index is 1.60.